The van der Waals surface area contributed by atoms with Crippen LogP contribution in [0.25, 0.3) is 0 Å². The van der Waals surface area contributed by atoms with Gasteiger partial charge in [-0.2, -0.15) is 0 Å². The summed E-state index contributed by atoms with van der Waals surface area (Å²) in [7, 11) is 0. The lowest BCUT2D eigenvalue weighted by Gasteiger charge is -2.32. The van der Waals surface area contributed by atoms with E-state index in [4.69, 9.17) is 0 Å². The summed E-state index contributed by atoms with van der Waals surface area (Å²) in [5, 5.41) is 5.83. The quantitative estimate of drug-likeness (QED) is 0.769. The van der Waals surface area contributed by atoms with Gasteiger partial charge in [0.15, 0.2) is 0 Å². The fourth-order valence-electron chi connectivity index (χ4n) is 5.17. The molecule has 0 radical (unpaired) electrons. The predicted octanol–water partition coefficient (Wildman–Crippen LogP) is 1.84. The molecule has 1 saturated heterocycles. The van der Waals surface area contributed by atoms with Crippen LogP contribution in [-0.2, 0) is 27.8 Å². The number of likely N-dealkylation sites (tertiary alicyclic amines) is 1. The largest absolute Gasteiger partial charge is 0.350 e. The molecule has 3 aliphatic rings. The van der Waals surface area contributed by atoms with Gasteiger partial charge in [0.05, 0.1) is 5.41 Å². The minimum Gasteiger partial charge on any atom is -0.350 e. The van der Waals surface area contributed by atoms with Gasteiger partial charge in [-0.05, 0) is 56.9 Å². The molecule has 166 valence electrons. The molecule has 0 saturated carbocycles. The van der Waals surface area contributed by atoms with Crippen LogP contribution in [0.1, 0.15) is 54.4 Å². The first-order valence-electron chi connectivity index (χ1n) is 11.0. The Hall–Kier alpha value is -3.29. The Morgan fingerprint density at radius 2 is 2.03 bits per heavy atom. The number of nitrogens with one attached hydrogen (secondary N) is 2. The first-order valence-corrected chi connectivity index (χ1v) is 11.0. The average Bonchev–Trinajstić information content (AvgIpc) is 3.39. The van der Waals surface area contributed by atoms with Crippen LogP contribution in [0, 0.1) is 5.92 Å². The number of nitrogens with zero attached hydrogens (tertiary/aromatic N) is 3. The van der Waals surface area contributed by atoms with Gasteiger partial charge in [-0.25, -0.2) is 4.98 Å². The lowest BCUT2D eigenvalue weighted by atomic mass is 9.79. The first kappa shape index (κ1) is 20.6. The lowest BCUT2D eigenvalue weighted by molar-refractivity contribution is -0.131. The first-order chi connectivity index (χ1) is 15.2. The van der Waals surface area contributed by atoms with Gasteiger partial charge in [-0.3, -0.25) is 19.4 Å². The number of carbonyl (C=O) groups excluding carboxylic acids is 3. The molecule has 2 N–H and O–H groups in total. The Morgan fingerprint density at radius 3 is 2.78 bits per heavy atom. The van der Waals surface area contributed by atoms with E-state index in [9.17, 15) is 14.4 Å². The molecule has 8 nitrogen and oxygen atoms in total. The summed E-state index contributed by atoms with van der Waals surface area (Å²) in [5.74, 6) is 0.527. The van der Waals surface area contributed by atoms with Gasteiger partial charge in [0.1, 0.15) is 11.5 Å². The molecular formula is C24H27N5O3. The normalized spacial score (nSPS) is 24.0. The molecule has 2 aromatic heterocycles. The van der Waals surface area contributed by atoms with Crippen LogP contribution in [-0.4, -0.2) is 51.2 Å². The van der Waals surface area contributed by atoms with Crippen LogP contribution >= 0.6 is 0 Å². The summed E-state index contributed by atoms with van der Waals surface area (Å²) in [6.07, 6.45) is 4.89. The second-order valence-corrected chi connectivity index (χ2v) is 10.1. The van der Waals surface area contributed by atoms with Crippen molar-refractivity contribution in [1.82, 2.24) is 20.2 Å². The summed E-state index contributed by atoms with van der Waals surface area (Å²) >= 11 is 0. The zero-order valence-corrected chi connectivity index (χ0v) is 18.6. The highest BCUT2D eigenvalue weighted by Crippen LogP contribution is 2.46. The fraction of sp³-hybridized carbons (Fsp3) is 0.458. The molecule has 4 heterocycles. The van der Waals surface area contributed by atoms with Gasteiger partial charge in [-0.15, -0.1) is 0 Å². The molecule has 2 aromatic rings. The summed E-state index contributed by atoms with van der Waals surface area (Å²) in [5.41, 5.74) is 2.30. The zero-order chi connectivity index (χ0) is 22.7. The van der Waals surface area contributed by atoms with Crippen molar-refractivity contribution in [3.8, 4) is 0 Å². The Labute approximate surface area is 186 Å². The maximum atomic E-state index is 12.8. The number of hydrogen-bond donors (Lipinski definition) is 2. The van der Waals surface area contributed by atoms with Gasteiger partial charge < -0.3 is 15.5 Å². The van der Waals surface area contributed by atoms with E-state index in [1.54, 1.807) is 18.5 Å². The summed E-state index contributed by atoms with van der Waals surface area (Å²) in [6.45, 7) is 7.14. The van der Waals surface area contributed by atoms with Gasteiger partial charge in [0.25, 0.3) is 5.91 Å². The van der Waals surface area contributed by atoms with Gasteiger partial charge in [-0.1, -0.05) is 6.07 Å². The molecule has 2 unspecified atom stereocenters. The molecular weight excluding hydrogens is 406 g/mol. The Bertz CT molecular complexity index is 1140. The van der Waals surface area contributed by atoms with Crippen LogP contribution < -0.4 is 10.6 Å². The topological polar surface area (TPSA) is 104 Å². The Morgan fingerprint density at radius 1 is 1.25 bits per heavy atom. The fourth-order valence-corrected chi connectivity index (χ4v) is 5.17. The van der Waals surface area contributed by atoms with Crippen LogP contribution in [0.5, 0.6) is 0 Å². The van der Waals surface area contributed by atoms with Crippen LogP contribution in [0.4, 0.5) is 5.82 Å². The number of carbonyl (C=O) groups is 3. The second kappa shape index (κ2) is 7.12. The molecule has 0 bridgehead atoms. The molecule has 5 rings (SSSR count). The lowest BCUT2D eigenvalue weighted by Crippen LogP contribution is -2.42. The van der Waals surface area contributed by atoms with Gasteiger partial charge in [0.2, 0.25) is 11.8 Å². The van der Waals surface area contributed by atoms with Gasteiger partial charge in [0, 0.05) is 48.9 Å². The third kappa shape index (κ3) is 3.25. The third-order valence-corrected chi connectivity index (χ3v) is 6.86. The molecule has 2 aliphatic heterocycles. The van der Waals surface area contributed by atoms with Crippen LogP contribution in [0.2, 0.25) is 0 Å². The molecule has 1 spiro atoms. The van der Waals surface area contributed by atoms with Crippen molar-refractivity contribution < 1.29 is 14.4 Å². The standard InChI is InChI=1S/C24H27N5O3/c1-23(2,3)29-13-14(7-19(29)30)11-27-21(31)18-8-15-9-24(10-16(15)12-26-18)17-5-4-6-25-20(17)28-22(24)32/h4-6,8,12,14H,7,9-11,13H2,1-3H3,(H,27,31)(H,25,28,32). The Kier molecular flexibility index (Phi) is 4.58. The van der Waals surface area contributed by atoms with E-state index >= 15 is 0 Å². The number of rotatable bonds is 3. The minimum atomic E-state index is -0.677. The predicted molar refractivity (Wildman–Crippen MR) is 118 cm³/mol. The van der Waals surface area contributed by atoms with Crippen LogP contribution in [0.3, 0.4) is 0 Å². The molecule has 8 heteroatoms. The summed E-state index contributed by atoms with van der Waals surface area (Å²) < 4.78 is 0. The van der Waals surface area contributed by atoms with E-state index in [1.807, 2.05) is 37.8 Å². The smallest absolute Gasteiger partial charge is 0.269 e. The number of hydrogen-bond acceptors (Lipinski definition) is 5. The van der Waals surface area contributed by atoms with E-state index in [1.165, 1.54) is 0 Å². The van der Waals surface area contributed by atoms with Crippen molar-refractivity contribution in [2.45, 2.75) is 51.0 Å². The third-order valence-electron chi connectivity index (χ3n) is 6.86. The minimum absolute atomic E-state index is 0.0531. The maximum Gasteiger partial charge on any atom is 0.269 e. The highest BCUT2D eigenvalue weighted by Gasteiger charge is 2.51. The van der Waals surface area contributed by atoms with E-state index in [0.29, 0.717) is 43.9 Å². The number of aromatic nitrogens is 2. The molecule has 1 fully saturated rings. The van der Waals surface area contributed by atoms with Crippen molar-refractivity contribution in [2.75, 3.05) is 18.4 Å². The number of amides is 3. The molecule has 1 aliphatic carbocycles. The SMILES string of the molecule is CC(C)(C)N1CC(CNC(=O)c2cc3c(cn2)CC2(C3)C(=O)Nc3ncccc32)CC1=O. The molecule has 2 atom stereocenters. The second-order valence-electron chi connectivity index (χ2n) is 10.1. The molecule has 32 heavy (non-hydrogen) atoms. The van der Waals surface area contributed by atoms with Crippen molar-refractivity contribution in [3.63, 3.8) is 0 Å². The van der Waals surface area contributed by atoms with E-state index in [0.717, 1.165) is 16.7 Å². The van der Waals surface area contributed by atoms with Crippen molar-refractivity contribution in [3.05, 3.63) is 53.0 Å². The average molecular weight is 434 g/mol. The van der Waals surface area contributed by atoms with Crippen LogP contribution in [0.15, 0.2) is 30.6 Å². The van der Waals surface area contributed by atoms with Crippen molar-refractivity contribution in [2.24, 2.45) is 5.92 Å². The number of fused-ring (bicyclic) bond motifs is 3. The summed E-state index contributed by atoms with van der Waals surface area (Å²) in [6, 6.07) is 5.58. The number of anilines is 1. The molecule has 3 amide bonds. The molecule has 0 aromatic carbocycles. The maximum absolute atomic E-state index is 12.8. The highest BCUT2D eigenvalue weighted by atomic mass is 16.2. The van der Waals surface area contributed by atoms with Crippen molar-refractivity contribution in [1.29, 1.82) is 0 Å². The van der Waals surface area contributed by atoms with E-state index in [-0.39, 0.29) is 29.2 Å². The number of pyridine rings is 2. The zero-order valence-electron chi connectivity index (χ0n) is 18.6. The van der Waals surface area contributed by atoms with Crippen molar-refractivity contribution >= 4 is 23.5 Å². The highest BCUT2D eigenvalue weighted by molar-refractivity contribution is 6.06. The Balaban J connectivity index is 1.28. The van der Waals surface area contributed by atoms with E-state index in [2.05, 4.69) is 20.6 Å². The van der Waals surface area contributed by atoms with Gasteiger partial charge >= 0.3 is 0 Å². The monoisotopic (exact) mass is 433 g/mol. The summed E-state index contributed by atoms with van der Waals surface area (Å²) in [4.78, 5) is 48.4. The van der Waals surface area contributed by atoms with E-state index < -0.39 is 5.41 Å².